The minimum absolute atomic E-state index is 0.0729. The van der Waals surface area contributed by atoms with Crippen molar-refractivity contribution in [1.82, 2.24) is 5.32 Å². The number of alkyl carbamates (subject to hydrolysis) is 1. The summed E-state index contributed by atoms with van der Waals surface area (Å²) in [7, 11) is 1.58. The number of aliphatic hydroxyl groups excluding tert-OH is 1. The summed E-state index contributed by atoms with van der Waals surface area (Å²) in [5.41, 5.74) is -0.361. The van der Waals surface area contributed by atoms with E-state index in [1.54, 1.807) is 7.11 Å². The number of hydrogen-bond donors (Lipinski definition) is 2. The average molecular weight is 488 g/mol. The van der Waals surface area contributed by atoms with Crippen LogP contribution in [0.3, 0.4) is 0 Å². The van der Waals surface area contributed by atoms with Crippen molar-refractivity contribution in [1.29, 1.82) is 0 Å². The van der Waals surface area contributed by atoms with E-state index >= 15 is 0 Å². The Morgan fingerprint density at radius 3 is 1.65 bits per heavy atom. The molecule has 0 aromatic heterocycles. The van der Waals surface area contributed by atoms with E-state index in [2.05, 4.69) is 33.0 Å². The van der Waals surface area contributed by atoms with Crippen LogP contribution in [-0.4, -0.2) is 43.2 Å². The number of carbonyl (C=O) groups excluding carboxylic acids is 1. The van der Waals surface area contributed by atoms with Crippen LogP contribution in [0.2, 0.25) is 0 Å². The second-order valence-corrected chi connectivity index (χ2v) is 10.7. The topological polar surface area (TPSA) is 67.8 Å². The third-order valence-electron chi connectivity index (χ3n) is 6.19. The third kappa shape index (κ3) is 27.4. The Kier molecular flexibility index (Phi) is 26.3. The van der Waals surface area contributed by atoms with Gasteiger partial charge in [0.1, 0.15) is 6.10 Å². The highest BCUT2D eigenvalue weighted by Crippen LogP contribution is 2.17. The molecule has 0 atom stereocenters. The fourth-order valence-electron chi connectivity index (χ4n) is 3.53. The molecule has 206 valence electrons. The van der Waals surface area contributed by atoms with Gasteiger partial charge < -0.3 is 19.9 Å². The van der Waals surface area contributed by atoms with Gasteiger partial charge in [-0.15, -0.1) is 0 Å². The van der Waals surface area contributed by atoms with Crippen LogP contribution in [0.5, 0.6) is 0 Å². The lowest BCUT2D eigenvalue weighted by molar-refractivity contribution is -0.0226. The molecule has 0 saturated heterocycles. The monoisotopic (exact) mass is 487 g/mol. The molecule has 0 aliphatic rings. The lowest BCUT2D eigenvalue weighted by Crippen LogP contribution is -2.30. The van der Waals surface area contributed by atoms with Crippen LogP contribution < -0.4 is 5.32 Å². The number of methoxy groups -OCH3 is 1. The van der Waals surface area contributed by atoms with Gasteiger partial charge in [-0.05, 0) is 58.3 Å². The number of amides is 1. The van der Waals surface area contributed by atoms with Crippen molar-refractivity contribution in [3.05, 3.63) is 0 Å². The Morgan fingerprint density at radius 1 is 0.794 bits per heavy atom. The van der Waals surface area contributed by atoms with E-state index in [1.807, 2.05) is 13.8 Å². The molecule has 0 radical (unpaired) electrons. The van der Waals surface area contributed by atoms with Crippen molar-refractivity contribution >= 4 is 6.09 Å². The lowest BCUT2D eigenvalue weighted by Gasteiger charge is -2.18. The maximum absolute atomic E-state index is 12.1. The Bertz CT molecular complexity index is 404. The summed E-state index contributed by atoms with van der Waals surface area (Å²) in [5, 5.41) is 11.4. The van der Waals surface area contributed by atoms with E-state index in [0.29, 0.717) is 5.92 Å². The van der Waals surface area contributed by atoms with E-state index in [1.165, 1.54) is 77.0 Å². The molecule has 0 fully saturated rings. The summed E-state index contributed by atoms with van der Waals surface area (Å²) in [4.78, 5) is 12.1. The van der Waals surface area contributed by atoms with E-state index in [-0.39, 0.29) is 24.4 Å². The van der Waals surface area contributed by atoms with Crippen LogP contribution >= 0.6 is 0 Å². The Labute approximate surface area is 213 Å². The number of ether oxygens (including phenoxy) is 2. The minimum Gasteiger partial charge on any atom is -0.446 e. The Morgan fingerprint density at radius 2 is 1.26 bits per heavy atom. The molecular weight excluding hydrogens is 426 g/mol. The van der Waals surface area contributed by atoms with Gasteiger partial charge >= 0.3 is 6.09 Å². The maximum Gasteiger partial charge on any atom is 0.407 e. The number of carbonyl (C=O) groups is 1. The quantitative estimate of drug-likeness (QED) is 0.159. The van der Waals surface area contributed by atoms with Gasteiger partial charge in [0.15, 0.2) is 0 Å². The molecular formula is C29H61NO4. The van der Waals surface area contributed by atoms with Crippen LogP contribution in [0.4, 0.5) is 4.79 Å². The molecule has 2 N–H and O–H groups in total. The Hall–Kier alpha value is -0.810. The summed E-state index contributed by atoms with van der Waals surface area (Å²) < 4.78 is 10.6. The molecule has 0 heterocycles. The van der Waals surface area contributed by atoms with Crippen molar-refractivity contribution in [3.63, 3.8) is 0 Å². The van der Waals surface area contributed by atoms with Crippen LogP contribution in [0, 0.1) is 5.92 Å². The fourth-order valence-corrected chi connectivity index (χ4v) is 3.53. The van der Waals surface area contributed by atoms with Gasteiger partial charge in [-0.1, -0.05) is 91.9 Å². The first-order chi connectivity index (χ1) is 16.2. The molecule has 0 aromatic carbocycles. The number of unbranched alkanes of at least 4 members (excludes halogenated alkanes) is 10. The first kappa shape index (κ1) is 35.4. The van der Waals surface area contributed by atoms with Crippen LogP contribution in [0.1, 0.15) is 144 Å². The van der Waals surface area contributed by atoms with E-state index in [9.17, 15) is 4.79 Å². The van der Waals surface area contributed by atoms with Crippen molar-refractivity contribution < 1.29 is 19.4 Å². The van der Waals surface area contributed by atoms with Gasteiger partial charge in [0.05, 0.1) is 12.2 Å². The summed E-state index contributed by atoms with van der Waals surface area (Å²) in [5.74, 6) is 0.691. The number of rotatable bonds is 21. The molecule has 0 aliphatic heterocycles. The SMILES string of the molecule is CCCCCCCCC(CCCCCCCC)OC(=O)NCCCC(C)C.COC(C)(C)CO. The van der Waals surface area contributed by atoms with Crippen molar-refractivity contribution in [2.75, 3.05) is 20.3 Å². The van der Waals surface area contributed by atoms with E-state index in [0.717, 1.165) is 32.2 Å². The van der Waals surface area contributed by atoms with E-state index < -0.39 is 0 Å². The summed E-state index contributed by atoms with van der Waals surface area (Å²) in [6.45, 7) is 13.4. The van der Waals surface area contributed by atoms with Crippen molar-refractivity contribution in [2.24, 2.45) is 5.92 Å². The molecule has 0 spiro atoms. The molecule has 0 aliphatic carbocycles. The number of nitrogens with one attached hydrogen (secondary N) is 1. The van der Waals surface area contributed by atoms with Crippen molar-refractivity contribution in [2.45, 2.75) is 156 Å². The van der Waals surface area contributed by atoms with Gasteiger partial charge in [-0.2, -0.15) is 0 Å². The second kappa shape index (κ2) is 25.3. The minimum atomic E-state index is -0.361. The molecule has 0 unspecified atom stereocenters. The highest BCUT2D eigenvalue weighted by Gasteiger charge is 2.14. The smallest absolute Gasteiger partial charge is 0.407 e. The van der Waals surface area contributed by atoms with Gasteiger partial charge in [-0.3, -0.25) is 0 Å². The lowest BCUT2D eigenvalue weighted by atomic mass is 10.0. The molecule has 34 heavy (non-hydrogen) atoms. The predicted molar refractivity (Wildman–Crippen MR) is 147 cm³/mol. The molecule has 0 saturated carbocycles. The maximum atomic E-state index is 12.1. The first-order valence-electron chi connectivity index (χ1n) is 14.3. The average Bonchev–Trinajstić information content (AvgIpc) is 2.81. The summed E-state index contributed by atoms with van der Waals surface area (Å²) in [6.07, 6.45) is 19.6. The zero-order valence-electron chi connectivity index (χ0n) is 24.1. The normalized spacial score (nSPS) is 11.5. The van der Waals surface area contributed by atoms with Crippen LogP contribution in [0.15, 0.2) is 0 Å². The molecule has 0 aromatic rings. The van der Waals surface area contributed by atoms with Gasteiger partial charge in [0.25, 0.3) is 0 Å². The molecule has 0 bridgehead atoms. The zero-order chi connectivity index (χ0) is 26.1. The third-order valence-corrected chi connectivity index (χ3v) is 6.19. The molecule has 5 heteroatoms. The van der Waals surface area contributed by atoms with Crippen LogP contribution in [-0.2, 0) is 9.47 Å². The highest BCUT2D eigenvalue weighted by atomic mass is 16.6. The standard InChI is InChI=1S/C24H49NO2.C5H12O2/c1-5-7-9-11-13-15-19-23(20-16-14-12-10-8-6-2)27-24(26)25-21-17-18-22(3)4;1-5(2,4-6)7-3/h22-23H,5-21H2,1-4H3,(H,25,26);6H,4H2,1-3H3. The van der Waals surface area contributed by atoms with Crippen LogP contribution in [0.25, 0.3) is 0 Å². The largest absolute Gasteiger partial charge is 0.446 e. The number of hydrogen-bond acceptors (Lipinski definition) is 4. The Balaban J connectivity index is 0. The molecule has 0 rings (SSSR count). The predicted octanol–water partition coefficient (Wildman–Crippen LogP) is 8.42. The highest BCUT2D eigenvalue weighted by molar-refractivity contribution is 5.67. The summed E-state index contributed by atoms with van der Waals surface area (Å²) >= 11 is 0. The van der Waals surface area contributed by atoms with Crippen molar-refractivity contribution in [3.8, 4) is 0 Å². The number of aliphatic hydroxyl groups is 1. The van der Waals surface area contributed by atoms with Gasteiger partial charge in [0, 0.05) is 13.7 Å². The van der Waals surface area contributed by atoms with Gasteiger partial charge in [0.2, 0.25) is 0 Å². The first-order valence-corrected chi connectivity index (χ1v) is 14.3. The zero-order valence-corrected chi connectivity index (χ0v) is 24.1. The second-order valence-electron chi connectivity index (χ2n) is 10.7. The van der Waals surface area contributed by atoms with Gasteiger partial charge in [-0.25, -0.2) is 4.79 Å². The summed E-state index contributed by atoms with van der Waals surface area (Å²) in [6, 6.07) is 0. The molecule has 5 nitrogen and oxygen atoms in total. The fraction of sp³-hybridized carbons (Fsp3) is 0.966. The molecule has 1 amide bonds. The van der Waals surface area contributed by atoms with E-state index in [4.69, 9.17) is 14.6 Å².